The molecule has 1 heterocycles. The normalized spacial score (nSPS) is 22.1. The maximum atomic E-state index is 11.8. The number of carbonyl (C=O) groups is 2. The van der Waals surface area contributed by atoms with Gasteiger partial charge in [-0.2, -0.15) is 0 Å². The van der Waals surface area contributed by atoms with Gasteiger partial charge in [-0.1, -0.05) is 18.6 Å². The minimum Gasteiger partial charge on any atom is -0.497 e. The van der Waals surface area contributed by atoms with Crippen molar-refractivity contribution in [2.45, 2.75) is 38.0 Å². The van der Waals surface area contributed by atoms with E-state index in [4.69, 9.17) is 18.9 Å². The van der Waals surface area contributed by atoms with Crippen molar-refractivity contribution >= 4 is 17.7 Å². The van der Waals surface area contributed by atoms with E-state index < -0.39 is 11.9 Å². The monoisotopic (exact) mass is 360 g/mol. The van der Waals surface area contributed by atoms with Gasteiger partial charge in [0.15, 0.2) is 5.76 Å². The smallest absolute Gasteiger partial charge is 0.316 e. The Bertz CT molecular complexity index is 736. The minimum atomic E-state index is -0.419. The van der Waals surface area contributed by atoms with E-state index in [2.05, 4.69) is 6.07 Å². The highest BCUT2D eigenvalue weighted by molar-refractivity contribution is 5.89. The van der Waals surface area contributed by atoms with Crippen LogP contribution in [0.2, 0.25) is 0 Å². The van der Waals surface area contributed by atoms with Gasteiger partial charge < -0.3 is 18.9 Å². The van der Waals surface area contributed by atoms with Crippen molar-refractivity contribution < 1.29 is 28.5 Å². The molecule has 26 heavy (non-hydrogen) atoms. The summed E-state index contributed by atoms with van der Waals surface area (Å²) in [5.74, 6) is 1.29. The molecule has 1 saturated heterocycles. The quantitative estimate of drug-likeness (QED) is 0.548. The predicted octanol–water partition coefficient (Wildman–Crippen LogP) is 3.40. The molecular weight excluding hydrogens is 336 g/mol. The van der Waals surface area contributed by atoms with Gasteiger partial charge in [0.2, 0.25) is 0 Å². The van der Waals surface area contributed by atoms with E-state index in [0.717, 1.165) is 35.5 Å². The third kappa shape index (κ3) is 3.28. The van der Waals surface area contributed by atoms with Crippen LogP contribution >= 0.6 is 0 Å². The Morgan fingerprint density at radius 3 is 2.54 bits per heavy atom. The molecule has 0 radical (unpaired) electrons. The van der Waals surface area contributed by atoms with E-state index in [-0.39, 0.29) is 11.8 Å². The molecule has 6 nitrogen and oxygen atoms in total. The molecule has 6 heteroatoms. The molecule has 2 unspecified atom stereocenters. The zero-order chi connectivity index (χ0) is 18.7. The highest BCUT2D eigenvalue weighted by Gasteiger charge is 2.36. The molecule has 0 amide bonds. The molecule has 0 spiro atoms. The summed E-state index contributed by atoms with van der Waals surface area (Å²) in [6.07, 6.45) is 3.22. The Labute approximate surface area is 153 Å². The van der Waals surface area contributed by atoms with Crippen LogP contribution < -0.4 is 4.74 Å². The highest BCUT2D eigenvalue weighted by atomic mass is 16.6. The van der Waals surface area contributed by atoms with Crippen molar-refractivity contribution in [3.63, 3.8) is 0 Å². The summed E-state index contributed by atoms with van der Waals surface area (Å²) in [7, 11) is 4.91. The van der Waals surface area contributed by atoms with E-state index in [1.807, 2.05) is 12.1 Å². The summed E-state index contributed by atoms with van der Waals surface area (Å²) in [5, 5.41) is 0. The average molecular weight is 360 g/mol. The van der Waals surface area contributed by atoms with Crippen molar-refractivity contribution in [1.29, 1.82) is 0 Å². The van der Waals surface area contributed by atoms with Gasteiger partial charge in [0, 0.05) is 12.3 Å². The second-order valence-corrected chi connectivity index (χ2v) is 6.54. The Balaban J connectivity index is 1.75. The summed E-state index contributed by atoms with van der Waals surface area (Å²) in [6, 6.07) is 5.92. The standard InChI is InChI=1S/C20H24O6/c1-23-15-9-5-7-13-14(18(24-2)19(25-3)17(13)15)8-4-6-12-10-11-16(21)26-20(12)22/h5,7,9,12,14H,4,6,8,10-11H2,1-3H3. The van der Waals surface area contributed by atoms with Crippen LogP contribution in [0.3, 0.4) is 0 Å². The topological polar surface area (TPSA) is 71.1 Å². The number of benzene rings is 1. The fourth-order valence-electron chi connectivity index (χ4n) is 3.89. The largest absolute Gasteiger partial charge is 0.497 e. The van der Waals surface area contributed by atoms with Gasteiger partial charge >= 0.3 is 11.9 Å². The number of hydrogen-bond donors (Lipinski definition) is 0. The first-order chi connectivity index (χ1) is 12.6. The highest BCUT2D eigenvalue weighted by Crippen LogP contribution is 2.48. The predicted molar refractivity (Wildman–Crippen MR) is 94.3 cm³/mol. The molecule has 1 fully saturated rings. The third-order valence-electron chi connectivity index (χ3n) is 5.14. The van der Waals surface area contributed by atoms with E-state index in [1.54, 1.807) is 21.3 Å². The Kier molecular flexibility index (Phi) is 5.49. The second-order valence-electron chi connectivity index (χ2n) is 6.54. The van der Waals surface area contributed by atoms with Crippen molar-refractivity contribution in [2.75, 3.05) is 21.3 Å². The van der Waals surface area contributed by atoms with Gasteiger partial charge in [-0.15, -0.1) is 0 Å². The van der Waals surface area contributed by atoms with Crippen LogP contribution in [-0.2, 0) is 23.8 Å². The summed E-state index contributed by atoms with van der Waals surface area (Å²) >= 11 is 0. The molecule has 140 valence electrons. The number of rotatable bonds is 7. The number of cyclic esters (lactones) is 2. The molecule has 3 rings (SSSR count). The Hall–Kier alpha value is -2.50. The lowest BCUT2D eigenvalue weighted by Gasteiger charge is -2.20. The number of esters is 2. The second kappa shape index (κ2) is 7.81. The van der Waals surface area contributed by atoms with E-state index >= 15 is 0 Å². The van der Waals surface area contributed by atoms with Crippen LogP contribution in [0.1, 0.15) is 49.1 Å². The summed E-state index contributed by atoms with van der Waals surface area (Å²) in [6.45, 7) is 0. The molecule has 1 aromatic rings. The molecular formula is C20H24O6. The van der Waals surface area contributed by atoms with E-state index in [1.165, 1.54) is 0 Å². The van der Waals surface area contributed by atoms with Crippen molar-refractivity contribution in [1.82, 2.24) is 0 Å². The zero-order valence-electron chi connectivity index (χ0n) is 15.4. The molecule has 0 saturated carbocycles. The zero-order valence-corrected chi connectivity index (χ0v) is 15.4. The van der Waals surface area contributed by atoms with Crippen LogP contribution in [0.4, 0.5) is 0 Å². The van der Waals surface area contributed by atoms with Crippen LogP contribution in [-0.4, -0.2) is 33.3 Å². The molecule has 1 aliphatic heterocycles. The van der Waals surface area contributed by atoms with Crippen LogP contribution in [0, 0.1) is 5.92 Å². The fraction of sp³-hybridized carbons (Fsp3) is 0.500. The van der Waals surface area contributed by atoms with Gasteiger partial charge in [-0.05, 0) is 30.9 Å². The van der Waals surface area contributed by atoms with Crippen molar-refractivity contribution in [3.8, 4) is 5.75 Å². The van der Waals surface area contributed by atoms with E-state index in [0.29, 0.717) is 25.0 Å². The van der Waals surface area contributed by atoms with Gasteiger partial charge in [0.05, 0.1) is 32.8 Å². The number of fused-ring (bicyclic) bond motifs is 1. The van der Waals surface area contributed by atoms with Gasteiger partial charge in [-0.25, -0.2) is 0 Å². The number of methoxy groups -OCH3 is 3. The SMILES string of the molecule is COC1=C(OC)C(CCCC2CCC(=O)OC2=O)c2cccc(OC)c21. The Morgan fingerprint density at radius 2 is 1.88 bits per heavy atom. The summed E-state index contributed by atoms with van der Waals surface area (Å²) < 4.78 is 21.5. The summed E-state index contributed by atoms with van der Waals surface area (Å²) in [5.41, 5.74) is 2.04. The lowest BCUT2D eigenvalue weighted by molar-refractivity contribution is -0.167. The van der Waals surface area contributed by atoms with Crippen LogP contribution in [0.15, 0.2) is 24.0 Å². The first-order valence-corrected chi connectivity index (χ1v) is 8.84. The van der Waals surface area contributed by atoms with Gasteiger partial charge in [0.1, 0.15) is 11.5 Å². The molecule has 0 N–H and O–H groups in total. The molecule has 2 atom stereocenters. The van der Waals surface area contributed by atoms with Crippen LogP contribution in [0.5, 0.6) is 5.75 Å². The van der Waals surface area contributed by atoms with Gasteiger partial charge in [-0.3, -0.25) is 9.59 Å². The van der Waals surface area contributed by atoms with E-state index in [9.17, 15) is 9.59 Å². The molecule has 1 aliphatic carbocycles. The maximum Gasteiger partial charge on any atom is 0.316 e. The first kappa shape index (κ1) is 18.3. The minimum absolute atomic E-state index is 0.0568. The number of carbonyl (C=O) groups excluding carboxylic acids is 2. The maximum absolute atomic E-state index is 11.8. The third-order valence-corrected chi connectivity index (χ3v) is 5.14. The van der Waals surface area contributed by atoms with Crippen LogP contribution in [0.25, 0.3) is 5.76 Å². The number of ether oxygens (including phenoxy) is 4. The fourth-order valence-corrected chi connectivity index (χ4v) is 3.89. The molecule has 0 aromatic heterocycles. The molecule has 1 aromatic carbocycles. The molecule has 2 aliphatic rings. The van der Waals surface area contributed by atoms with Crippen molar-refractivity contribution in [3.05, 3.63) is 35.1 Å². The van der Waals surface area contributed by atoms with Crippen molar-refractivity contribution in [2.24, 2.45) is 5.92 Å². The lowest BCUT2D eigenvalue weighted by Crippen LogP contribution is -2.27. The summed E-state index contributed by atoms with van der Waals surface area (Å²) in [4.78, 5) is 23.0. The molecule has 0 bridgehead atoms. The Morgan fingerprint density at radius 1 is 1.08 bits per heavy atom. The number of allylic oxidation sites excluding steroid dienone is 1. The average Bonchev–Trinajstić information content (AvgIpc) is 2.96. The first-order valence-electron chi connectivity index (χ1n) is 8.84. The lowest BCUT2D eigenvalue weighted by atomic mass is 9.89. The number of hydrogen-bond acceptors (Lipinski definition) is 6. The van der Waals surface area contributed by atoms with Gasteiger partial charge in [0.25, 0.3) is 0 Å².